The minimum Gasteiger partial charge on any atom is -0.342 e. The molecule has 0 bridgehead atoms. The monoisotopic (exact) mass is 242 g/mol. The number of nitrogens with one attached hydrogen (secondary N) is 1. The van der Waals surface area contributed by atoms with E-state index in [1.54, 1.807) is 0 Å². The van der Waals surface area contributed by atoms with Crippen molar-refractivity contribution in [3.63, 3.8) is 0 Å². The lowest BCUT2D eigenvalue weighted by molar-refractivity contribution is -0.137. The number of hydrogen-bond acceptors (Lipinski definition) is 3. The highest BCUT2D eigenvalue weighted by Crippen LogP contribution is 2.23. The Morgan fingerprint density at radius 3 is 2.69 bits per heavy atom. The van der Waals surface area contributed by atoms with Gasteiger partial charge in [0.25, 0.3) is 0 Å². The molecule has 4 heteroatoms. The molecule has 0 unspecified atom stereocenters. The molecular weight excluding hydrogens is 220 g/mol. The second kappa shape index (κ2) is 5.92. The Morgan fingerprint density at radius 1 is 1.31 bits per heavy atom. The first kappa shape index (κ1) is 12.2. The molecule has 0 aromatic carbocycles. The van der Waals surface area contributed by atoms with Crippen LogP contribution in [0.25, 0.3) is 0 Å². The lowest BCUT2D eigenvalue weighted by Crippen LogP contribution is -2.46. The van der Waals surface area contributed by atoms with Gasteiger partial charge in [-0.1, -0.05) is 0 Å². The van der Waals surface area contributed by atoms with Crippen molar-refractivity contribution in [3.05, 3.63) is 0 Å². The van der Waals surface area contributed by atoms with Crippen LogP contribution in [-0.4, -0.2) is 48.5 Å². The van der Waals surface area contributed by atoms with Gasteiger partial charge in [-0.25, -0.2) is 0 Å². The Hall–Kier alpha value is -0.220. The number of hydrogen-bond donors (Lipinski definition) is 1. The summed E-state index contributed by atoms with van der Waals surface area (Å²) in [4.78, 5) is 14.3. The summed E-state index contributed by atoms with van der Waals surface area (Å²) in [7, 11) is 2.00. The van der Waals surface area contributed by atoms with Crippen LogP contribution in [0.2, 0.25) is 0 Å². The molecule has 0 saturated carbocycles. The van der Waals surface area contributed by atoms with E-state index in [1.807, 2.05) is 23.7 Å². The van der Waals surface area contributed by atoms with Gasteiger partial charge < -0.3 is 10.2 Å². The van der Waals surface area contributed by atoms with Crippen LogP contribution in [-0.2, 0) is 4.79 Å². The number of rotatable bonds is 2. The molecule has 92 valence electrons. The highest BCUT2D eigenvalue weighted by Gasteiger charge is 2.28. The third kappa shape index (κ3) is 2.92. The van der Waals surface area contributed by atoms with Crippen molar-refractivity contribution in [3.8, 4) is 0 Å². The Balaban J connectivity index is 1.86. The summed E-state index contributed by atoms with van der Waals surface area (Å²) in [6.07, 6.45) is 4.56. The van der Waals surface area contributed by atoms with Crippen LogP contribution in [0.4, 0.5) is 0 Å². The maximum atomic E-state index is 12.3. The van der Waals surface area contributed by atoms with Crippen molar-refractivity contribution in [2.45, 2.75) is 31.7 Å². The van der Waals surface area contributed by atoms with Gasteiger partial charge >= 0.3 is 0 Å². The minimum absolute atomic E-state index is 0.230. The molecule has 0 spiro atoms. The lowest BCUT2D eigenvalue weighted by Gasteiger charge is -2.34. The quantitative estimate of drug-likeness (QED) is 0.793. The molecule has 1 atom stereocenters. The SMILES string of the molecule is CN(C(=O)[C@@H]1CCCNC1)C1CCSCC1. The molecule has 1 amide bonds. The van der Waals surface area contributed by atoms with Crippen molar-refractivity contribution in [1.82, 2.24) is 10.2 Å². The zero-order valence-corrected chi connectivity index (χ0v) is 10.9. The van der Waals surface area contributed by atoms with E-state index in [4.69, 9.17) is 0 Å². The molecule has 3 nitrogen and oxygen atoms in total. The Labute approximate surface area is 102 Å². The van der Waals surface area contributed by atoms with E-state index in [9.17, 15) is 4.79 Å². The fourth-order valence-corrected chi connectivity index (χ4v) is 3.68. The number of piperidine rings is 1. The summed E-state index contributed by atoms with van der Waals surface area (Å²) in [5, 5.41) is 3.32. The normalized spacial score (nSPS) is 27.7. The maximum Gasteiger partial charge on any atom is 0.226 e. The second-order valence-corrected chi connectivity index (χ2v) is 6.06. The van der Waals surface area contributed by atoms with Crippen molar-refractivity contribution in [2.75, 3.05) is 31.6 Å². The zero-order valence-electron chi connectivity index (χ0n) is 10.1. The van der Waals surface area contributed by atoms with Gasteiger partial charge in [0.05, 0.1) is 5.92 Å². The van der Waals surface area contributed by atoms with E-state index in [-0.39, 0.29) is 5.92 Å². The van der Waals surface area contributed by atoms with Gasteiger partial charge in [0.15, 0.2) is 0 Å². The molecule has 2 aliphatic rings. The van der Waals surface area contributed by atoms with Crippen molar-refractivity contribution in [2.24, 2.45) is 5.92 Å². The largest absolute Gasteiger partial charge is 0.342 e. The van der Waals surface area contributed by atoms with Crippen LogP contribution in [0.15, 0.2) is 0 Å². The molecule has 2 saturated heterocycles. The van der Waals surface area contributed by atoms with Gasteiger partial charge in [0, 0.05) is 19.6 Å². The highest BCUT2D eigenvalue weighted by molar-refractivity contribution is 7.99. The van der Waals surface area contributed by atoms with Crippen LogP contribution < -0.4 is 5.32 Å². The molecule has 16 heavy (non-hydrogen) atoms. The molecule has 1 N–H and O–H groups in total. The molecule has 0 aromatic heterocycles. The predicted molar refractivity (Wildman–Crippen MR) is 68.7 cm³/mol. The van der Waals surface area contributed by atoms with E-state index in [1.165, 1.54) is 24.3 Å². The van der Waals surface area contributed by atoms with Gasteiger partial charge in [0.2, 0.25) is 5.91 Å². The number of nitrogens with zero attached hydrogens (tertiary/aromatic N) is 1. The van der Waals surface area contributed by atoms with Gasteiger partial charge in [0.1, 0.15) is 0 Å². The molecule has 2 fully saturated rings. The summed E-state index contributed by atoms with van der Waals surface area (Å²) in [5.41, 5.74) is 0. The summed E-state index contributed by atoms with van der Waals surface area (Å²) >= 11 is 2.01. The predicted octanol–water partition coefficient (Wildman–Crippen LogP) is 1.34. The topological polar surface area (TPSA) is 32.3 Å². The van der Waals surface area contributed by atoms with Crippen molar-refractivity contribution < 1.29 is 4.79 Å². The molecule has 2 rings (SSSR count). The van der Waals surface area contributed by atoms with E-state index >= 15 is 0 Å². The minimum atomic E-state index is 0.230. The van der Waals surface area contributed by atoms with Gasteiger partial charge in [-0.2, -0.15) is 11.8 Å². The average Bonchev–Trinajstić information content (AvgIpc) is 2.39. The molecule has 2 heterocycles. The first-order valence-electron chi connectivity index (χ1n) is 6.34. The number of amides is 1. The Bertz CT molecular complexity index is 235. The summed E-state index contributed by atoms with van der Waals surface area (Å²) < 4.78 is 0. The third-order valence-corrected chi connectivity index (χ3v) is 4.78. The Morgan fingerprint density at radius 2 is 2.06 bits per heavy atom. The second-order valence-electron chi connectivity index (χ2n) is 4.84. The van der Waals surface area contributed by atoms with Crippen LogP contribution in [0.5, 0.6) is 0 Å². The molecule has 0 aliphatic carbocycles. The number of carbonyl (C=O) groups excluding carboxylic acids is 1. The zero-order chi connectivity index (χ0) is 11.4. The Kier molecular flexibility index (Phi) is 4.53. The first-order valence-corrected chi connectivity index (χ1v) is 7.49. The van der Waals surface area contributed by atoms with E-state index in [0.717, 1.165) is 25.9 Å². The average molecular weight is 242 g/mol. The fraction of sp³-hybridized carbons (Fsp3) is 0.917. The number of carbonyl (C=O) groups is 1. The van der Waals surface area contributed by atoms with E-state index in [2.05, 4.69) is 5.32 Å². The van der Waals surface area contributed by atoms with Gasteiger partial charge in [-0.3, -0.25) is 4.79 Å². The van der Waals surface area contributed by atoms with Crippen LogP contribution in [0.1, 0.15) is 25.7 Å². The fourth-order valence-electron chi connectivity index (χ4n) is 2.60. The van der Waals surface area contributed by atoms with Crippen molar-refractivity contribution in [1.29, 1.82) is 0 Å². The van der Waals surface area contributed by atoms with Gasteiger partial charge in [-0.15, -0.1) is 0 Å². The smallest absolute Gasteiger partial charge is 0.226 e. The van der Waals surface area contributed by atoms with Gasteiger partial charge in [-0.05, 0) is 43.7 Å². The summed E-state index contributed by atoms with van der Waals surface area (Å²) in [6, 6.07) is 0.496. The van der Waals surface area contributed by atoms with Crippen LogP contribution >= 0.6 is 11.8 Å². The lowest BCUT2D eigenvalue weighted by atomic mass is 9.97. The van der Waals surface area contributed by atoms with Crippen molar-refractivity contribution >= 4 is 17.7 Å². The standard InChI is InChI=1S/C12H22N2OS/c1-14(11-4-7-16-8-5-11)12(15)10-3-2-6-13-9-10/h10-11,13H,2-9H2,1H3/t10-/m1/s1. The molecular formula is C12H22N2OS. The molecule has 0 radical (unpaired) electrons. The van der Waals surface area contributed by atoms with E-state index < -0.39 is 0 Å². The highest BCUT2D eigenvalue weighted by atomic mass is 32.2. The molecule has 2 aliphatic heterocycles. The number of thioether (sulfide) groups is 1. The third-order valence-electron chi connectivity index (χ3n) is 3.73. The molecule has 0 aromatic rings. The van der Waals surface area contributed by atoms with Crippen LogP contribution in [0, 0.1) is 5.92 Å². The van der Waals surface area contributed by atoms with E-state index in [0.29, 0.717) is 11.9 Å². The first-order chi connectivity index (χ1) is 7.79. The van der Waals surface area contributed by atoms with Crippen LogP contribution in [0.3, 0.4) is 0 Å². The summed E-state index contributed by atoms with van der Waals surface area (Å²) in [5.74, 6) is 3.02. The summed E-state index contributed by atoms with van der Waals surface area (Å²) in [6.45, 7) is 1.96. The maximum absolute atomic E-state index is 12.3.